The van der Waals surface area contributed by atoms with Crippen LogP contribution < -0.4 is 5.32 Å². The molecule has 1 saturated carbocycles. The summed E-state index contributed by atoms with van der Waals surface area (Å²) in [6.07, 6.45) is 6.74. The Morgan fingerprint density at radius 2 is 2.20 bits per heavy atom. The fourth-order valence-corrected chi connectivity index (χ4v) is 1.45. The third kappa shape index (κ3) is 3.38. The van der Waals surface area contributed by atoms with Gasteiger partial charge in [0.1, 0.15) is 6.04 Å². The lowest BCUT2D eigenvalue weighted by Gasteiger charge is -2.25. The van der Waals surface area contributed by atoms with E-state index in [0.29, 0.717) is 6.42 Å². The average molecular weight is 211 g/mol. The zero-order valence-electron chi connectivity index (χ0n) is 8.90. The van der Waals surface area contributed by atoms with Crippen molar-refractivity contribution in [2.75, 3.05) is 0 Å². The largest absolute Gasteiger partial charge is 0.480 e. The molecule has 1 atom stereocenters. The minimum absolute atomic E-state index is 0.0393. The molecule has 1 unspecified atom stereocenters. The maximum atomic E-state index is 11.5. The number of carbonyl (C=O) groups excluding carboxylic acids is 1. The quantitative estimate of drug-likeness (QED) is 0.674. The molecule has 0 spiro atoms. The van der Waals surface area contributed by atoms with Crippen molar-refractivity contribution in [2.45, 2.75) is 38.6 Å². The van der Waals surface area contributed by atoms with Crippen LogP contribution in [0.1, 0.15) is 32.6 Å². The van der Waals surface area contributed by atoms with E-state index in [4.69, 9.17) is 5.11 Å². The molecule has 15 heavy (non-hydrogen) atoms. The molecule has 0 aliphatic heterocycles. The van der Waals surface area contributed by atoms with E-state index in [9.17, 15) is 9.59 Å². The van der Waals surface area contributed by atoms with Crippen molar-refractivity contribution in [3.05, 3.63) is 12.2 Å². The van der Waals surface area contributed by atoms with Crippen molar-refractivity contribution >= 4 is 11.9 Å². The Kier molecular flexibility index (Phi) is 4.34. The number of aliphatic carboxylic acids is 1. The van der Waals surface area contributed by atoms with Gasteiger partial charge >= 0.3 is 5.97 Å². The van der Waals surface area contributed by atoms with Gasteiger partial charge in [-0.05, 0) is 26.2 Å². The van der Waals surface area contributed by atoms with Gasteiger partial charge in [0.05, 0.1) is 0 Å². The third-order valence-electron chi connectivity index (χ3n) is 2.70. The van der Waals surface area contributed by atoms with Crippen molar-refractivity contribution in [2.24, 2.45) is 5.92 Å². The van der Waals surface area contributed by atoms with Crippen LogP contribution in [0.25, 0.3) is 0 Å². The number of hydrogen-bond acceptors (Lipinski definition) is 2. The molecule has 0 aromatic rings. The number of allylic oxidation sites excluding steroid dienone is 1. The second-order valence-electron chi connectivity index (χ2n) is 3.83. The SMILES string of the molecule is C/C=C/CC(NC(=O)C1CCC1)C(=O)O. The smallest absolute Gasteiger partial charge is 0.326 e. The van der Waals surface area contributed by atoms with Crippen LogP contribution in [0.5, 0.6) is 0 Å². The Labute approximate surface area is 89.4 Å². The zero-order valence-corrected chi connectivity index (χ0v) is 8.90. The van der Waals surface area contributed by atoms with E-state index in [1.807, 2.05) is 6.92 Å². The molecule has 2 N–H and O–H groups in total. The highest BCUT2D eigenvalue weighted by molar-refractivity contribution is 5.85. The minimum Gasteiger partial charge on any atom is -0.480 e. The summed E-state index contributed by atoms with van der Waals surface area (Å²) < 4.78 is 0. The van der Waals surface area contributed by atoms with E-state index in [1.54, 1.807) is 12.2 Å². The Bertz CT molecular complexity index is 269. The number of carboxylic acids is 1. The Morgan fingerprint density at radius 1 is 1.53 bits per heavy atom. The molecule has 0 saturated heterocycles. The predicted octanol–water partition coefficient (Wildman–Crippen LogP) is 1.32. The Morgan fingerprint density at radius 3 is 2.60 bits per heavy atom. The van der Waals surface area contributed by atoms with Gasteiger partial charge in [0.15, 0.2) is 0 Å². The van der Waals surface area contributed by atoms with Gasteiger partial charge in [-0.25, -0.2) is 4.79 Å². The summed E-state index contributed by atoms with van der Waals surface area (Å²) in [4.78, 5) is 22.3. The lowest BCUT2D eigenvalue weighted by Crippen LogP contribution is -2.44. The van der Waals surface area contributed by atoms with Crippen molar-refractivity contribution in [1.29, 1.82) is 0 Å². The summed E-state index contributed by atoms with van der Waals surface area (Å²) >= 11 is 0. The van der Waals surface area contributed by atoms with Gasteiger partial charge in [0.25, 0.3) is 0 Å². The summed E-state index contributed by atoms with van der Waals surface area (Å²) in [7, 11) is 0. The summed E-state index contributed by atoms with van der Waals surface area (Å²) in [5.74, 6) is -1.05. The fraction of sp³-hybridized carbons (Fsp3) is 0.636. The van der Waals surface area contributed by atoms with Crippen molar-refractivity contribution in [3.63, 3.8) is 0 Å². The minimum atomic E-state index is -0.972. The molecule has 1 amide bonds. The molecule has 1 rings (SSSR count). The number of carboxylic acid groups (broad SMARTS) is 1. The van der Waals surface area contributed by atoms with Gasteiger partial charge in [-0.3, -0.25) is 4.79 Å². The molecule has 0 bridgehead atoms. The third-order valence-corrected chi connectivity index (χ3v) is 2.70. The van der Waals surface area contributed by atoms with Crippen LogP contribution in [0, 0.1) is 5.92 Å². The first-order chi connectivity index (χ1) is 7.15. The summed E-state index contributed by atoms with van der Waals surface area (Å²) in [5, 5.41) is 11.4. The molecule has 0 heterocycles. The molecule has 1 aliphatic carbocycles. The van der Waals surface area contributed by atoms with Crippen LogP contribution in [0.2, 0.25) is 0 Å². The monoisotopic (exact) mass is 211 g/mol. The van der Waals surface area contributed by atoms with Crippen molar-refractivity contribution in [3.8, 4) is 0 Å². The van der Waals surface area contributed by atoms with E-state index < -0.39 is 12.0 Å². The van der Waals surface area contributed by atoms with E-state index >= 15 is 0 Å². The van der Waals surface area contributed by atoms with Crippen LogP contribution in [-0.2, 0) is 9.59 Å². The van der Waals surface area contributed by atoms with Gasteiger partial charge in [-0.1, -0.05) is 18.6 Å². The van der Waals surface area contributed by atoms with E-state index in [1.165, 1.54) is 0 Å². The lowest BCUT2D eigenvalue weighted by molar-refractivity contribution is -0.142. The molecule has 4 heteroatoms. The van der Waals surface area contributed by atoms with Gasteiger partial charge in [0.2, 0.25) is 5.91 Å². The fourth-order valence-electron chi connectivity index (χ4n) is 1.45. The first-order valence-electron chi connectivity index (χ1n) is 5.29. The summed E-state index contributed by atoms with van der Waals surface area (Å²) in [6, 6.07) is -0.783. The van der Waals surface area contributed by atoms with E-state index in [-0.39, 0.29) is 11.8 Å². The molecular weight excluding hydrogens is 194 g/mol. The topological polar surface area (TPSA) is 66.4 Å². The molecule has 0 aromatic carbocycles. The van der Waals surface area contributed by atoms with Gasteiger partial charge in [-0.2, -0.15) is 0 Å². The lowest BCUT2D eigenvalue weighted by atomic mass is 9.84. The molecule has 1 aliphatic rings. The first-order valence-corrected chi connectivity index (χ1v) is 5.29. The van der Waals surface area contributed by atoms with Crippen molar-refractivity contribution in [1.82, 2.24) is 5.32 Å². The van der Waals surface area contributed by atoms with E-state index in [0.717, 1.165) is 19.3 Å². The highest BCUT2D eigenvalue weighted by Crippen LogP contribution is 2.26. The molecular formula is C11H17NO3. The Hall–Kier alpha value is -1.32. The number of hydrogen-bond donors (Lipinski definition) is 2. The predicted molar refractivity (Wildman–Crippen MR) is 56.3 cm³/mol. The number of amides is 1. The van der Waals surface area contributed by atoms with Crippen LogP contribution >= 0.6 is 0 Å². The molecule has 1 fully saturated rings. The summed E-state index contributed by atoms with van der Waals surface area (Å²) in [5.41, 5.74) is 0. The molecule has 4 nitrogen and oxygen atoms in total. The van der Waals surface area contributed by atoms with Gasteiger partial charge in [0, 0.05) is 5.92 Å². The Balaban J connectivity index is 2.42. The second-order valence-corrected chi connectivity index (χ2v) is 3.83. The summed E-state index contributed by atoms with van der Waals surface area (Å²) in [6.45, 7) is 1.83. The standard InChI is InChI=1S/C11H17NO3/c1-2-3-7-9(11(14)15)12-10(13)8-5-4-6-8/h2-3,8-9H,4-7H2,1H3,(H,12,13)(H,14,15)/b3-2+. The molecule has 0 radical (unpaired) electrons. The van der Waals surface area contributed by atoms with Crippen LogP contribution in [0.3, 0.4) is 0 Å². The zero-order chi connectivity index (χ0) is 11.3. The van der Waals surface area contributed by atoms with Crippen LogP contribution in [0.15, 0.2) is 12.2 Å². The van der Waals surface area contributed by atoms with Gasteiger partial charge < -0.3 is 10.4 Å². The number of carbonyl (C=O) groups is 2. The van der Waals surface area contributed by atoms with E-state index in [2.05, 4.69) is 5.32 Å². The van der Waals surface area contributed by atoms with Crippen LogP contribution in [0.4, 0.5) is 0 Å². The first kappa shape index (κ1) is 11.8. The maximum Gasteiger partial charge on any atom is 0.326 e. The highest BCUT2D eigenvalue weighted by atomic mass is 16.4. The number of nitrogens with one attached hydrogen (secondary N) is 1. The number of rotatable bonds is 5. The molecule has 84 valence electrons. The van der Waals surface area contributed by atoms with Gasteiger partial charge in [-0.15, -0.1) is 0 Å². The van der Waals surface area contributed by atoms with Crippen LogP contribution in [-0.4, -0.2) is 23.0 Å². The highest BCUT2D eigenvalue weighted by Gasteiger charge is 2.28. The normalized spacial score (nSPS) is 18.5. The second kappa shape index (κ2) is 5.53. The van der Waals surface area contributed by atoms with Crippen molar-refractivity contribution < 1.29 is 14.7 Å². The maximum absolute atomic E-state index is 11.5. The molecule has 0 aromatic heterocycles. The average Bonchev–Trinajstić information content (AvgIpc) is 2.08.